The molecule has 0 N–H and O–H groups in total. The van der Waals surface area contributed by atoms with Crippen LogP contribution in [0.3, 0.4) is 0 Å². The molecule has 0 saturated heterocycles. The van der Waals surface area contributed by atoms with E-state index in [2.05, 4.69) is 82.0 Å². The molecule has 0 aliphatic heterocycles. The molecule has 0 heterocycles. The van der Waals surface area contributed by atoms with Crippen LogP contribution in [0.2, 0.25) is 5.04 Å². The van der Waals surface area contributed by atoms with Gasteiger partial charge in [0.25, 0.3) is 8.32 Å². The quantitative estimate of drug-likeness (QED) is 0.190. The zero-order chi connectivity index (χ0) is 28.6. The van der Waals surface area contributed by atoms with Gasteiger partial charge >= 0.3 is 11.9 Å². The van der Waals surface area contributed by atoms with Crippen molar-refractivity contribution in [3.63, 3.8) is 0 Å². The fraction of sp³-hybridized carbons (Fsp3) is 0.438. The van der Waals surface area contributed by atoms with Gasteiger partial charge in [-0.1, -0.05) is 107 Å². The lowest BCUT2D eigenvalue weighted by molar-refractivity contribution is -0.158. The van der Waals surface area contributed by atoms with E-state index in [4.69, 9.17) is 13.9 Å². The smallest absolute Gasteiger partial charge is 0.303 e. The number of carbonyl (C=O) groups is 2. The summed E-state index contributed by atoms with van der Waals surface area (Å²) < 4.78 is 18.2. The molecule has 5 nitrogen and oxygen atoms in total. The Morgan fingerprint density at radius 3 is 1.79 bits per heavy atom. The van der Waals surface area contributed by atoms with Crippen molar-refractivity contribution in [1.29, 1.82) is 0 Å². The maximum atomic E-state index is 11.9. The number of hydrogen-bond acceptors (Lipinski definition) is 5. The summed E-state index contributed by atoms with van der Waals surface area (Å²) in [4.78, 5) is 23.6. The lowest BCUT2D eigenvalue weighted by atomic mass is 9.90. The fourth-order valence-electron chi connectivity index (χ4n) is 5.03. The van der Waals surface area contributed by atoms with Crippen molar-refractivity contribution in [3.05, 3.63) is 85.0 Å². The number of hydrogen-bond donors (Lipinski definition) is 0. The van der Waals surface area contributed by atoms with E-state index in [9.17, 15) is 9.59 Å². The second-order valence-corrected chi connectivity index (χ2v) is 15.6. The minimum absolute atomic E-state index is 0.127. The molecule has 0 aliphatic rings. The molecule has 3 atom stereocenters. The van der Waals surface area contributed by atoms with Gasteiger partial charge in [-0.25, -0.2) is 0 Å². The van der Waals surface area contributed by atoms with Crippen LogP contribution in [0, 0.1) is 5.92 Å². The van der Waals surface area contributed by atoms with Crippen LogP contribution < -0.4 is 10.4 Å². The average Bonchev–Trinajstić information content (AvgIpc) is 2.83. The third-order valence-electron chi connectivity index (χ3n) is 6.80. The maximum absolute atomic E-state index is 11.9. The van der Waals surface area contributed by atoms with Crippen molar-refractivity contribution in [1.82, 2.24) is 0 Å². The molecule has 2 aromatic rings. The SMILES string of the molecule is C=CC(C)(C[C@@H](OC(C)=O)[C@H](C)/C=C(\C)CO[Si](c1ccccc1)(c1ccccc1)C(C)(C)C)OC(C)=O. The Morgan fingerprint density at radius 2 is 1.39 bits per heavy atom. The van der Waals surface area contributed by atoms with Crippen LogP contribution in [-0.2, 0) is 23.5 Å². The first-order chi connectivity index (χ1) is 17.7. The molecule has 1 unspecified atom stereocenters. The highest BCUT2D eigenvalue weighted by molar-refractivity contribution is 6.99. The van der Waals surface area contributed by atoms with Gasteiger partial charge in [0.05, 0.1) is 6.61 Å². The summed E-state index contributed by atoms with van der Waals surface area (Å²) in [6.45, 7) is 19.6. The monoisotopic (exact) mass is 536 g/mol. The van der Waals surface area contributed by atoms with E-state index >= 15 is 0 Å². The number of rotatable bonds is 12. The third kappa shape index (κ3) is 8.02. The summed E-state index contributed by atoms with van der Waals surface area (Å²) in [5, 5.41) is 2.32. The minimum atomic E-state index is -2.68. The molecule has 0 saturated carbocycles. The molecule has 206 valence electrons. The van der Waals surface area contributed by atoms with Gasteiger partial charge in [0.2, 0.25) is 0 Å². The first kappa shape index (κ1) is 31.3. The second kappa shape index (κ2) is 13.2. The predicted molar refractivity (Wildman–Crippen MR) is 157 cm³/mol. The molecule has 0 bridgehead atoms. The van der Waals surface area contributed by atoms with E-state index < -0.39 is 26.0 Å². The lowest BCUT2D eigenvalue weighted by Gasteiger charge is -2.43. The average molecular weight is 537 g/mol. The van der Waals surface area contributed by atoms with Crippen LogP contribution in [0.25, 0.3) is 0 Å². The molecule has 2 aromatic carbocycles. The minimum Gasteiger partial charge on any atom is -0.462 e. The Morgan fingerprint density at radius 1 is 0.895 bits per heavy atom. The molecule has 0 amide bonds. The zero-order valence-corrected chi connectivity index (χ0v) is 25.2. The Balaban J connectivity index is 2.40. The van der Waals surface area contributed by atoms with Crippen molar-refractivity contribution in [2.45, 2.75) is 78.6 Å². The highest BCUT2D eigenvalue weighted by Gasteiger charge is 2.50. The number of esters is 2. The Labute approximate surface area is 230 Å². The molecular formula is C32H44O5Si. The highest BCUT2D eigenvalue weighted by atomic mass is 28.4. The van der Waals surface area contributed by atoms with Crippen LogP contribution in [0.15, 0.2) is 85.0 Å². The van der Waals surface area contributed by atoms with E-state index in [0.29, 0.717) is 13.0 Å². The maximum Gasteiger partial charge on any atom is 0.303 e. The standard InChI is InChI=1S/C32H44O5Si/c1-10-32(9,37-27(5)34)22-30(36-26(4)33)25(3)21-24(2)23-35-38(31(6,7)8,28-17-13-11-14-18-28)29-19-15-12-16-20-29/h10-21,25,30H,1,22-23H2,2-9H3/b24-21+/t25-,30-,32?/m1/s1. The summed E-state index contributed by atoms with van der Waals surface area (Å²) in [5.74, 6) is -0.936. The molecule has 38 heavy (non-hydrogen) atoms. The van der Waals surface area contributed by atoms with E-state index in [1.165, 1.54) is 24.2 Å². The molecular weight excluding hydrogens is 492 g/mol. The Hall–Kier alpha value is -2.96. The van der Waals surface area contributed by atoms with Gasteiger partial charge in [0, 0.05) is 26.2 Å². The molecule has 0 fully saturated rings. The molecule has 0 aliphatic carbocycles. The van der Waals surface area contributed by atoms with Gasteiger partial charge < -0.3 is 13.9 Å². The summed E-state index contributed by atoms with van der Waals surface area (Å²) >= 11 is 0. The third-order valence-corrected chi connectivity index (χ3v) is 11.8. The fourth-order valence-corrected chi connectivity index (χ4v) is 9.63. The van der Waals surface area contributed by atoms with Crippen LogP contribution in [-0.4, -0.2) is 38.6 Å². The Kier molecular flexibility index (Phi) is 10.9. The van der Waals surface area contributed by atoms with Crippen LogP contribution in [0.5, 0.6) is 0 Å². The lowest BCUT2D eigenvalue weighted by Crippen LogP contribution is -2.66. The van der Waals surface area contributed by atoms with E-state index in [1.807, 2.05) is 26.0 Å². The number of carbonyl (C=O) groups excluding carboxylic acids is 2. The molecule has 2 rings (SSSR count). The number of ether oxygens (including phenoxy) is 2. The van der Waals surface area contributed by atoms with Gasteiger partial charge in [0.1, 0.15) is 11.7 Å². The van der Waals surface area contributed by atoms with Gasteiger partial charge in [-0.05, 0) is 35.3 Å². The van der Waals surface area contributed by atoms with E-state index in [-0.39, 0.29) is 16.9 Å². The molecule has 0 aromatic heterocycles. The summed E-state index contributed by atoms with van der Waals surface area (Å²) in [6, 6.07) is 21.1. The van der Waals surface area contributed by atoms with Crippen molar-refractivity contribution >= 4 is 30.6 Å². The van der Waals surface area contributed by atoms with Gasteiger partial charge in [-0.15, -0.1) is 0 Å². The van der Waals surface area contributed by atoms with Crippen LogP contribution in [0.4, 0.5) is 0 Å². The molecule has 0 radical (unpaired) electrons. The second-order valence-electron chi connectivity index (χ2n) is 11.3. The van der Waals surface area contributed by atoms with E-state index in [0.717, 1.165) is 5.57 Å². The highest BCUT2D eigenvalue weighted by Crippen LogP contribution is 2.37. The van der Waals surface area contributed by atoms with Crippen LogP contribution in [0.1, 0.15) is 61.8 Å². The van der Waals surface area contributed by atoms with Gasteiger partial charge in [0.15, 0.2) is 0 Å². The van der Waals surface area contributed by atoms with Crippen molar-refractivity contribution < 1.29 is 23.5 Å². The van der Waals surface area contributed by atoms with Gasteiger partial charge in [-0.3, -0.25) is 9.59 Å². The normalized spacial score (nSPS) is 15.6. The van der Waals surface area contributed by atoms with E-state index in [1.54, 1.807) is 13.0 Å². The predicted octanol–water partition coefficient (Wildman–Crippen LogP) is 5.98. The largest absolute Gasteiger partial charge is 0.462 e. The first-order valence-corrected chi connectivity index (χ1v) is 15.1. The molecule has 6 heteroatoms. The number of benzene rings is 2. The topological polar surface area (TPSA) is 61.8 Å². The first-order valence-electron chi connectivity index (χ1n) is 13.2. The summed E-state index contributed by atoms with van der Waals surface area (Å²) in [6.07, 6.45) is 3.47. The summed E-state index contributed by atoms with van der Waals surface area (Å²) in [7, 11) is -2.68. The Bertz CT molecular complexity index is 1060. The van der Waals surface area contributed by atoms with Crippen molar-refractivity contribution in [3.8, 4) is 0 Å². The van der Waals surface area contributed by atoms with Crippen molar-refractivity contribution in [2.75, 3.05) is 6.61 Å². The summed E-state index contributed by atoms with van der Waals surface area (Å²) in [5.41, 5.74) is 0.0864. The molecule has 0 spiro atoms. The van der Waals surface area contributed by atoms with Crippen molar-refractivity contribution in [2.24, 2.45) is 5.92 Å². The van der Waals surface area contributed by atoms with Crippen LogP contribution >= 0.6 is 0 Å². The van der Waals surface area contributed by atoms with Gasteiger partial charge in [-0.2, -0.15) is 0 Å². The zero-order valence-electron chi connectivity index (χ0n) is 24.2.